The molecule has 0 saturated carbocycles. The fourth-order valence-corrected chi connectivity index (χ4v) is 2.92. The van der Waals surface area contributed by atoms with Gasteiger partial charge in [-0.05, 0) is 36.6 Å². The van der Waals surface area contributed by atoms with E-state index in [2.05, 4.69) is 5.10 Å². The fourth-order valence-electron chi connectivity index (χ4n) is 2.37. The van der Waals surface area contributed by atoms with Gasteiger partial charge in [-0.3, -0.25) is 4.68 Å². The van der Waals surface area contributed by atoms with E-state index in [1.165, 1.54) is 0 Å². The van der Waals surface area contributed by atoms with E-state index < -0.39 is 0 Å². The van der Waals surface area contributed by atoms with Gasteiger partial charge in [-0.1, -0.05) is 36.2 Å². The number of rotatable bonds is 4. The topological polar surface area (TPSA) is 43.8 Å². The van der Waals surface area contributed by atoms with Crippen LogP contribution < -0.4 is 5.73 Å². The molecule has 0 amide bonds. The molecule has 1 aromatic carbocycles. The molecule has 0 aliphatic heterocycles. The molecule has 2 aromatic rings. The minimum atomic E-state index is -0.147. The zero-order valence-electron chi connectivity index (χ0n) is 12.0. The predicted octanol–water partition coefficient (Wildman–Crippen LogP) is 3.84. The molecule has 0 radical (unpaired) electrons. The third-order valence-electron chi connectivity index (χ3n) is 3.56. The lowest BCUT2D eigenvalue weighted by Gasteiger charge is -2.15. The molecule has 0 aliphatic rings. The molecule has 3 nitrogen and oxygen atoms in total. The third-order valence-corrected chi connectivity index (χ3v) is 4.23. The molecule has 5 heteroatoms. The van der Waals surface area contributed by atoms with Crippen LogP contribution in [0.15, 0.2) is 18.2 Å². The highest BCUT2D eigenvalue weighted by molar-refractivity contribution is 6.32. The summed E-state index contributed by atoms with van der Waals surface area (Å²) in [6, 6.07) is 5.64. The average Bonchev–Trinajstić information content (AvgIpc) is 2.68. The molecule has 2 N–H and O–H groups in total. The highest BCUT2D eigenvalue weighted by Gasteiger charge is 2.18. The van der Waals surface area contributed by atoms with Crippen molar-refractivity contribution in [3.05, 3.63) is 50.8 Å². The van der Waals surface area contributed by atoms with Crippen LogP contribution in [0.25, 0.3) is 0 Å². The lowest BCUT2D eigenvalue weighted by molar-refractivity contribution is 0.636. The van der Waals surface area contributed by atoms with Crippen molar-refractivity contribution >= 4 is 23.2 Å². The van der Waals surface area contributed by atoms with Crippen molar-refractivity contribution in [2.45, 2.75) is 32.7 Å². The molecule has 0 fully saturated rings. The van der Waals surface area contributed by atoms with E-state index in [0.29, 0.717) is 11.4 Å². The molecule has 0 spiro atoms. The van der Waals surface area contributed by atoms with E-state index in [4.69, 9.17) is 28.9 Å². The Balaban J connectivity index is 2.30. The van der Waals surface area contributed by atoms with E-state index in [1.807, 2.05) is 43.8 Å². The first-order valence-corrected chi connectivity index (χ1v) is 7.41. The number of hydrogen-bond acceptors (Lipinski definition) is 2. The second-order valence-corrected chi connectivity index (χ2v) is 5.81. The summed E-state index contributed by atoms with van der Waals surface area (Å²) in [6.45, 7) is 4.08. The van der Waals surface area contributed by atoms with Crippen molar-refractivity contribution in [3.8, 4) is 0 Å². The first-order chi connectivity index (χ1) is 9.43. The summed E-state index contributed by atoms with van der Waals surface area (Å²) in [5, 5.41) is 5.85. The second kappa shape index (κ2) is 6.17. The summed E-state index contributed by atoms with van der Waals surface area (Å²) in [6.07, 6.45) is 1.46. The van der Waals surface area contributed by atoms with Crippen LogP contribution >= 0.6 is 23.2 Å². The Labute approximate surface area is 129 Å². The Hall–Kier alpha value is -1.03. The number of halogens is 2. The molecule has 1 atom stereocenters. The van der Waals surface area contributed by atoms with Crippen molar-refractivity contribution in [1.29, 1.82) is 0 Å². The lowest BCUT2D eigenvalue weighted by atomic mass is 9.98. The molecule has 108 valence electrons. The van der Waals surface area contributed by atoms with Gasteiger partial charge in [-0.25, -0.2) is 0 Å². The van der Waals surface area contributed by atoms with E-state index in [1.54, 1.807) is 0 Å². The molecule has 1 aromatic heterocycles. The number of aromatic nitrogens is 2. The Morgan fingerprint density at radius 2 is 2.05 bits per heavy atom. The maximum Gasteiger partial charge on any atom is 0.0850 e. The Morgan fingerprint density at radius 1 is 1.35 bits per heavy atom. The van der Waals surface area contributed by atoms with Gasteiger partial charge in [0, 0.05) is 24.5 Å². The van der Waals surface area contributed by atoms with E-state index in [-0.39, 0.29) is 6.04 Å². The third kappa shape index (κ3) is 3.00. The number of nitrogens with zero attached hydrogens (tertiary/aromatic N) is 2. The van der Waals surface area contributed by atoms with Crippen LogP contribution in [-0.2, 0) is 19.9 Å². The summed E-state index contributed by atoms with van der Waals surface area (Å²) in [4.78, 5) is 0. The first kappa shape index (κ1) is 15.4. The van der Waals surface area contributed by atoms with Crippen LogP contribution in [0.3, 0.4) is 0 Å². The van der Waals surface area contributed by atoms with Gasteiger partial charge in [0.25, 0.3) is 0 Å². The largest absolute Gasteiger partial charge is 0.324 e. The van der Waals surface area contributed by atoms with Crippen LogP contribution in [0.4, 0.5) is 0 Å². The van der Waals surface area contributed by atoms with Gasteiger partial charge >= 0.3 is 0 Å². The van der Waals surface area contributed by atoms with Crippen LogP contribution in [0.2, 0.25) is 10.0 Å². The smallest absolute Gasteiger partial charge is 0.0850 e. The quantitative estimate of drug-likeness (QED) is 0.932. The zero-order valence-corrected chi connectivity index (χ0v) is 13.5. The number of benzene rings is 1. The zero-order chi connectivity index (χ0) is 14.9. The van der Waals surface area contributed by atoms with Crippen LogP contribution in [-0.4, -0.2) is 9.78 Å². The fraction of sp³-hybridized carbons (Fsp3) is 0.400. The van der Waals surface area contributed by atoms with Gasteiger partial charge in [0.05, 0.1) is 16.4 Å². The van der Waals surface area contributed by atoms with E-state index in [9.17, 15) is 0 Å². The Kier molecular flexibility index (Phi) is 4.74. The van der Waals surface area contributed by atoms with Crippen LogP contribution in [0.1, 0.15) is 35.5 Å². The molecule has 1 unspecified atom stereocenters. The van der Waals surface area contributed by atoms with Crippen molar-refractivity contribution in [3.63, 3.8) is 0 Å². The number of aryl methyl sites for hydroxylation is 3. The van der Waals surface area contributed by atoms with E-state index in [0.717, 1.165) is 34.0 Å². The van der Waals surface area contributed by atoms with Crippen molar-refractivity contribution in [2.75, 3.05) is 0 Å². The number of nitrogens with two attached hydrogens (primary N) is 1. The number of hydrogen-bond donors (Lipinski definition) is 1. The molecule has 0 bridgehead atoms. The first-order valence-electron chi connectivity index (χ1n) is 6.65. The molecule has 0 saturated heterocycles. The second-order valence-electron chi connectivity index (χ2n) is 5.00. The molecule has 20 heavy (non-hydrogen) atoms. The van der Waals surface area contributed by atoms with Gasteiger partial charge in [0.1, 0.15) is 0 Å². The summed E-state index contributed by atoms with van der Waals surface area (Å²) >= 11 is 12.4. The van der Waals surface area contributed by atoms with Crippen molar-refractivity contribution in [1.82, 2.24) is 9.78 Å². The van der Waals surface area contributed by atoms with Gasteiger partial charge < -0.3 is 5.73 Å². The summed E-state index contributed by atoms with van der Waals surface area (Å²) in [7, 11) is 1.90. The lowest BCUT2D eigenvalue weighted by Crippen LogP contribution is -2.16. The predicted molar refractivity (Wildman–Crippen MR) is 84.4 cm³/mol. The molecular weight excluding hydrogens is 293 g/mol. The molecule has 0 aliphatic carbocycles. The summed E-state index contributed by atoms with van der Waals surface area (Å²) in [5.41, 5.74) is 10.4. The van der Waals surface area contributed by atoms with Crippen molar-refractivity contribution < 1.29 is 0 Å². The molecular formula is C15H19Cl2N3. The van der Waals surface area contributed by atoms with Crippen LogP contribution in [0.5, 0.6) is 0 Å². The van der Waals surface area contributed by atoms with Gasteiger partial charge in [-0.15, -0.1) is 0 Å². The standard InChI is InChI=1S/C15H19Cl2N3/c1-4-13-15(17)14(20(3)19-13)8-12(18)11-7-10(16)6-5-9(11)2/h5-7,12H,4,8,18H2,1-3H3. The van der Waals surface area contributed by atoms with Gasteiger partial charge in [-0.2, -0.15) is 5.10 Å². The monoisotopic (exact) mass is 311 g/mol. The van der Waals surface area contributed by atoms with Crippen LogP contribution in [0, 0.1) is 6.92 Å². The van der Waals surface area contributed by atoms with Gasteiger partial charge in [0.15, 0.2) is 0 Å². The maximum atomic E-state index is 6.37. The average molecular weight is 312 g/mol. The highest BCUT2D eigenvalue weighted by atomic mass is 35.5. The molecule has 2 rings (SSSR count). The normalized spacial score (nSPS) is 12.7. The summed E-state index contributed by atoms with van der Waals surface area (Å²) < 4.78 is 1.82. The van der Waals surface area contributed by atoms with Crippen molar-refractivity contribution in [2.24, 2.45) is 12.8 Å². The van der Waals surface area contributed by atoms with Gasteiger partial charge in [0.2, 0.25) is 0 Å². The SMILES string of the molecule is CCc1nn(C)c(CC(N)c2cc(Cl)ccc2C)c1Cl. The minimum Gasteiger partial charge on any atom is -0.324 e. The highest BCUT2D eigenvalue weighted by Crippen LogP contribution is 2.27. The summed E-state index contributed by atoms with van der Waals surface area (Å²) in [5.74, 6) is 0. The molecule has 1 heterocycles. The van der Waals surface area contributed by atoms with E-state index >= 15 is 0 Å². The minimum absolute atomic E-state index is 0.147. The maximum absolute atomic E-state index is 6.37. The Morgan fingerprint density at radius 3 is 2.65 bits per heavy atom. The Bertz CT molecular complexity index is 620.